The number of aliphatic hydroxyl groups excluding tert-OH is 1. The average Bonchev–Trinajstić information content (AvgIpc) is 3.43. The van der Waals surface area contributed by atoms with Crippen LogP contribution in [0.1, 0.15) is 60.8 Å². The number of piperidine rings is 1. The smallest absolute Gasteiger partial charge is 0.343 e. The van der Waals surface area contributed by atoms with Gasteiger partial charge in [0.1, 0.15) is 23.5 Å². The van der Waals surface area contributed by atoms with E-state index in [1.54, 1.807) is 18.2 Å². The Balaban J connectivity index is 1.36. The highest BCUT2D eigenvalue weighted by Gasteiger charge is 2.40. The van der Waals surface area contributed by atoms with Gasteiger partial charge in [-0.15, -0.1) is 0 Å². The molecule has 4 heterocycles. The van der Waals surface area contributed by atoms with Crippen molar-refractivity contribution >= 4 is 35.6 Å². The van der Waals surface area contributed by atoms with Crippen molar-refractivity contribution in [2.45, 2.75) is 58.3 Å². The summed E-state index contributed by atoms with van der Waals surface area (Å²) in [5.74, 6) is -1.54. The number of aromatic nitrogens is 1. The zero-order valence-corrected chi connectivity index (χ0v) is 20.6. The van der Waals surface area contributed by atoms with E-state index in [1.165, 1.54) is 11.1 Å². The highest BCUT2D eigenvalue weighted by Crippen LogP contribution is 2.35. The third kappa shape index (κ3) is 4.66. The fraction of sp³-hybridized carbons (Fsp3) is 0.370. The van der Waals surface area contributed by atoms with Crippen LogP contribution in [0.4, 0.5) is 5.69 Å². The Hall–Kier alpha value is -4.21. The predicted molar refractivity (Wildman–Crippen MR) is 133 cm³/mol. The summed E-state index contributed by atoms with van der Waals surface area (Å²) < 4.78 is 7.67. The number of imide groups is 1. The normalized spacial score (nSPS) is 22.2. The van der Waals surface area contributed by atoms with Crippen molar-refractivity contribution in [2.75, 3.05) is 0 Å². The Bertz CT molecular complexity index is 1350. The van der Waals surface area contributed by atoms with Crippen molar-refractivity contribution in [3.8, 4) is 0 Å². The number of hydrogen-bond donors (Lipinski definition) is 2. The first-order valence-corrected chi connectivity index (χ1v) is 12.3. The number of fused-ring (bicyclic) bond motifs is 1. The summed E-state index contributed by atoms with van der Waals surface area (Å²) in [5, 5.41) is 13.0. The molecule has 0 aliphatic carbocycles. The lowest BCUT2D eigenvalue weighted by Crippen LogP contribution is -2.52. The van der Waals surface area contributed by atoms with Gasteiger partial charge >= 0.3 is 5.97 Å². The molecule has 2 unspecified atom stereocenters. The monoisotopic (exact) mass is 504 g/mol. The van der Waals surface area contributed by atoms with E-state index in [0.717, 1.165) is 12.2 Å². The topological polar surface area (TPSA) is 130 Å². The third-order valence-corrected chi connectivity index (χ3v) is 6.81. The van der Waals surface area contributed by atoms with Crippen molar-refractivity contribution in [1.29, 1.82) is 0 Å². The number of cyclic esters (lactones) is 1. The molecule has 37 heavy (non-hydrogen) atoms. The van der Waals surface area contributed by atoms with E-state index in [1.807, 2.05) is 22.9 Å². The summed E-state index contributed by atoms with van der Waals surface area (Å²) in [7, 11) is 0. The van der Waals surface area contributed by atoms with E-state index in [4.69, 9.17) is 4.74 Å². The average molecular weight is 505 g/mol. The van der Waals surface area contributed by atoms with Gasteiger partial charge in [0.05, 0.1) is 11.4 Å². The Labute approximate surface area is 213 Å². The minimum atomic E-state index is -0.735. The lowest BCUT2D eigenvalue weighted by molar-refractivity contribution is -0.146. The highest BCUT2D eigenvalue weighted by molar-refractivity contribution is 6.11. The molecule has 2 N–H and O–H groups in total. The second-order valence-corrected chi connectivity index (χ2v) is 9.90. The number of carbonyl (C=O) groups excluding carboxylic acids is 4. The number of hydrogen-bond acceptors (Lipinski definition) is 7. The zero-order chi connectivity index (χ0) is 26.3. The Morgan fingerprint density at radius 1 is 1.19 bits per heavy atom. The van der Waals surface area contributed by atoms with E-state index >= 15 is 0 Å². The molecule has 0 radical (unpaired) electrons. The van der Waals surface area contributed by atoms with Gasteiger partial charge in [-0.25, -0.2) is 4.79 Å². The van der Waals surface area contributed by atoms with Gasteiger partial charge in [-0.3, -0.25) is 24.7 Å². The van der Waals surface area contributed by atoms with Crippen molar-refractivity contribution < 1.29 is 29.0 Å². The first-order valence-electron chi connectivity index (χ1n) is 12.3. The molecule has 2 atom stereocenters. The number of esters is 1. The molecule has 3 aliphatic rings. The minimum Gasteiger partial charge on any atom is -0.511 e. The Morgan fingerprint density at radius 2 is 2.00 bits per heavy atom. The summed E-state index contributed by atoms with van der Waals surface area (Å²) >= 11 is 0. The molecule has 0 spiro atoms. The molecule has 3 amide bonds. The fourth-order valence-corrected chi connectivity index (χ4v) is 5.03. The molecular formula is C27H28N4O6. The summed E-state index contributed by atoms with van der Waals surface area (Å²) in [6.07, 6.45) is 3.15. The molecule has 10 nitrogen and oxygen atoms in total. The number of nitrogens with one attached hydrogen (secondary N) is 1. The molecule has 2 aromatic rings. The van der Waals surface area contributed by atoms with E-state index in [-0.39, 0.29) is 49.0 Å². The van der Waals surface area contributed by atoms with Crippen LogP contribution in [0.15, 0.2) is 52.9 Å². The van der Waals surface area contributed by atoms with Crippen LogP contribution in [0.2, 0.25) is 0 Å². The third-order valence-electron chi connectivity index (χ3n) is 6.81. The van der Waals surface area contributed by atoms with Gasteiger partial charge in [0, 0.05) is 49.5 Å². The highest BCUT2D eigenvalue weighted by atomic mass is 16.5. The molecule has 1 fully saturated rings. The lowest BCUT2D eigenvalue weighted by Gasteiger charge is -2.29. The van der Waals surface area contributed by atoms with Gasteiger partial charge in [-0.2, -0.15) is 0 Å². The van der Waals surface area contributed by atoms with Crippen LogP contribution in [-0.2, 0) is 32.2 Å². The molecule has 1 aromatic heterocycles. The maximum atomic E-state index is 13.0. The van der Waals surface area contributed by atoms with Crippen molar-refractivity contribution in [3.63, 3.8) is 0 Å². The van der Waals surface area contributed by atoms with E-state index in [2.05, 4.69) is 24.2 Å². The van der Waals surface area contributed by atoms with Crippen molar-refractivity contribution in [3.05, 3.63) is 64.7 Å². The quantitative estimate of drug-likeness (QED) is 0.353. The summed E-state index contributed by atoms with van der Waals surface area (Å²) in [6, 6.07) is 8.06. The lowest BCUT2D eigenvalue weighted by atomic mass is 10.0. The molecule has 1 aromatic carbocycles. The van der Waals surface area contributed by atoms with E-state index in [9.17, 15) is 24.3 Å². The molecule has 1 saturated heterocycles. The maximum Gasteiger partial charge on any atom is 0.343 e. The largest absolute Gasteiger partial charge is 0.511 e. The van der Waals surface area contributed by atoms with Crippen LogP contribution in [0.25, 0.3) is 0 Å². The summed E-state index contributed by atoms with van der Waals surface area (Å²) in [4.78, 5) is 55.5. The van der Waals surface area contributed by atoms with Gasteiger partial charge in [0.15, 0.2) is 0 Å². The number of aliphatic imine (C=N–C) groups is 1. The van der Waals surface area contributed by atoms with Gasteiger partial charge in [0.2, 0.25) is 11.8 Å². The minimum absolute atomic E-state index is 0.0397. The molecule has 5 rings (SSSR count). The second kappa shape index (κ2) is 9.68. The molecule has 192 valence electrons. The molecule has 0 bridgehead atoms. The molecule has 0 saturated carbocycles. The van der Waals surface area contributed by atoms with Crippen molar-refractivity contribution in [1.82, 2.24) is 14.8 Å². The number of amides is 3. The molecular weight excluding hydrogens is 476 g/mol. The van der Waals surface area contributed by atoms with Crippen LogP contribution >= 0.6 is 0 Å². The summed E-state index contributed by atoms with van der Waals surface area (Å²) in [6.45, 7) is 5.11. The van der Waals surface area contributed by atoms with Crippen LogP contribution in [-0.4, -0.2) is 50.5 Å². The van der Waals surface area contributed by atoms with E-state index in [0.29, 0.717) is 22.7 Å². The zero-order valence-electron chi connectivity index (χ0n) is 20.6. The number of carbonyl (C=O) groups is 4. The SMILES string of the molecule is CC(C)Cn1cccc1C1CC(O)=C(C=Nc2cccc3c2CN(C2CCC(=O)NC2=O)C3=O)C(=O)O1. The van der Waals surface area contributed by atoms with Crippen LogP contribution in [0.3, 0.4) is 0 Å². The summed E-state index contributed by atoms with van der Waals surface area (Å²) in [5.41, 5.74) is 2.25. The molecule has 3 aliphatic heterocycles. The predicted octanol–water partition coefficient (Wildman–Crippen LogP) is 3.11. The number of ether oxygens (including phenoxy) is 1. The van der Waals surface area contributed by atoms with Crippen LogP contribution in [0.5, 0.6) is 0 Å². The standard InChI is InChI=1S/C27H28N4O6/c1-15(2)13-30-10-4-7-20(30)23-11-22(32)17(27(36)37-23)12-28-19-6-3-5-16-18(19)14-31(26(16)35)21-8-9-24(33)29-25(21)34/h3-7,10,12,15,21,23,32H,8-9,11,13-14H2,1-2H3,(H,29,33,34). The van der Waals surface area contributed by atoms with Crippen LogP contribution < -0.4 is 5.32 Å². The van der Waals surface area contributed by atoms with Crippen LogP contribution in [0, 0.1) is 5.92 Å². The maximum absolute atomic E-state index is 13.0. The van der Waals surface area contributed by atoms with Gasteiger partial charge in [-0.05, 0) is 36.6 Å². The Morgan fingerprint density at radius 3 is 2.73 bits per heavy atom. The van der Waals surface area contributed by atoms with Crippen molar-refractivity contribution in [2.24, 2.45) is 10.9 Å². The first kappa shape index (κ1) is 24.5. The first-order chi connectivity index (χ1) is 17.7. The van der Waals surface area contributed by atoms with E-state index < -0.39 is 24.0 Å². The number of rotatable bonds is 6. The Kier molecular flexibility index (Phi) is 6.41. The number of aliphatic hydroxyl groups is 1. The second-order valence-electron chi connectivity index (χ2n) is 9.90. The van der Waals surface area contributed by atoms with Gasteiger partial charge in [-0.1, -0.05) is 19.9 Å². The van der Waals surface area contributed by atoms with Gasteiger partial charge in [0.25, 0.3) is 5.91 Å². The van der Waals surface area contributed by atoms with Gasteiger partial charge < -0.3 is 19.3 Å². The number of nitrogens with zero attached hydrogens (tertiary/aromatic N) is 3. The molecule has 10 heteroatoms. The number of benzene rings is 1. The fourth-order valence-electron chi connectivity index (χ4n) is 5.03.